The number of methoxy groups -OCH3 is 3. The fourth-order valence-corrected chi connectivity index (χ4v) is 4.45. The molecule has 0 aliphatic carbocycles. The van der Waals surface area contributed by atoms with E-state index in [1.54, 1.807) is 42.3 Å². The summed E-state index contributed by atoms with van der Waals surface area (Å²) < 4.78 is 22.5. The second-order valence-corrected chi connectivity index (χ2v) is 8.14. The normalized spacial score (nSPS) is 17.0. The molecule has 4 rings (SSSR count). The highest BCUT2D eigenvalue weighted by molar-refractivity contribution is 6.31. The number of hydrogen-bond acceptors (Lipinski definition) is 6. The lowest BCUT2D eigenvalue weighted by molar-refractivity contribution is -0.00750. The summed E-state index contributed by atoms with van der Waals surface area (Å²) >= 11 is 6.08. The number of fused-ring (bicyclic) bond motifs is 1. The lowest BCUT2D eigenvalue weighted by atomic mass is 9.82. The van der Waals surface area contributed by atoms with Crippen molar-refractivity contribution >= 4 is 23.3 Å². The van der Waals surface area contributed by atoms with Crippen LogP contribution in [0.1, 0.15) is 40.0 Å². The van der Waals surface area contributed by atoms with Crippen molar-refractivity contribution in [2.75, 3.05) is 34.4 Å². The maximum absolute atomic E-state index is 13.1. The van der Waals surface area contributed by atoms with Crippen molar-refractivity contribution < 1.29 is 28.5 Å². The predicted octanol–water partition coefficient (Wildman–Crippen LogP) is 4.01. The molecule has 2 aromatic rings. The van der Waals surface area contributed by atoms with Crippen LogP contribution in [0.3, 0.4) is 0 Å². The summed E-state index contributed by atoms with van der Waals surface area (Å²) in [7, 11) is 4.58. The van der Waals surface area contributed by atoms with E-state index < -0.39 is 5.60 Å². The van der Waals surface area contributed by atoms with Gasteiger partial charge in [-0.25, -0.2) is 0 Å². The third-order valence-electron chi connectivity index (χ3n) is 5.96. The summed E-state index contributed by atoms with van der Waals surface area (Å²) in [4.78, 5) is 27.7. The zero-order valence-corrected chi connectivity index (χ0v) is 18.5. The van der Waals surface area contributed by atoms with Crippen LogP contribution in [0, 0.1) is 0 Å². The van der Waals surface area contributed by atoms with Gasteiger partial charge in [0.15, 0.2) is 17.3 Å². The minimum atomic E-state index is -0.682. The van der Waals surface area contributed by atoms with Gasteiger partial charge >= 0.3 is 0 Å². The number of carbonyl (C=O) groups is 2. The summed E-state index contributed by atoms with van der Waals surface area (Å²) in [5.41, 5.74) is 0.229. The second kappa shape index (κ2) is 8.30. The topological polar surface area (TPSA) is 74.3 Å². The van der Waals surface area contributed by atoms with Gasteiger partial charge in [-0.1, -0.05) is 11.6 Å². The van der Waals surface area contributed by atoms with E-state index in [9.17, 15) is 9.59 Å². The van der Waals surface area contributed by atoms with Gasteiger partial charge in [0, 0.05) is 31.0 Å². The summed E-state index contributed by atoms with van der Waals surface area (Å²) in [5.74, 6) is 1.65. The Morgan fingerprint density at radius 1 is 1.03 bits per heavy atom. The van der Waals surface area contributed by atoms with Crippen molar-refractivity contribution in [2.45, 2.75) is 24.9 Å². The molecule has 1 spiro atoms. The summed E-state index contributed by atoms with van der Waals surface area (Å²) in [6.07, 6.45) is 1.30. The van der Waals surface area contributed by atoms with Crippen LogP contribution in [-0.2, 0) is 0 Å². The fourth-order valence-electron chi connectivity index (χ4n) is 4.27. The third-order valence-corrected chi connectivity index (χ3v) is 6.19. The van der Waals surface area contributed by atoms with Crippen molar-refractivity contribution in [3.05, 3.63) is 46.5 Å². The van der Waals surface area contributed by atoms with E-state index in [1.807, 2.05) is 0 Å². The Balaban J connectivity index is 1.56. The van der Waals surface area contributed by atoms with Crippen molar-refractivity contribution in [1.82, 2.24) is 4.90 Å². The third kappa shape index (κ3) is 3.78. The molecular formula is C23H24ClNO6. The Hall–Kier alpha value is -2.93. The number of hydrogen-bond donors (Lipinski definition) is 0. The molecule has 0 N–H and O–H groups in total. The largest absolute Gasteiger partial charge is 0.496 e. The first-order valence-electron chi connectivity index (χ1n) is 10.0. The number of ether oxygens (including phenoxy) is 4. The Morgan fingerprint density at radius 2 is 1.71 bits per heavy atom. The summed E-state index contributed by atoms with van der Waals surface area (Å²) in [6.45, 7) is 0.896. The highest BCUT2D eigenvalue weighted by Crippen LogP contribution is 2.48. The van der Waals surface area contributed by atoms with Crippen LogP contribution in [0.2, 0.25) is 5.02 Å². The maximum Gasteiger partial charge on any atom is 0.257 e. The van der Waals surface area contributed by atoms with Gasteiger partial charge in [-0.15, -0.1) is 0 Å². The van der Waals surface area contributed by atoms with Crippen molar-refractivity contribution in [3.63, 3.8) is 0 Å². The van der Waals surface area contributed by atoms with Crippen molar-refractivity contribution in [2.24, 2.45) is 0 Å². The standard InChI is InChI=1S/C23H24ClNO6/c1-28-18-6-4-14(24)12-16(18)22(27)25-10-8-23(9-11-25)13-17(26)15-5-7-19(29-2)21(30-3)20(15)31-23/h4-7,12H,8-11,13H2,1-3H3. The number of nitrogens with zero attached hydrogens (tertiary/aromatic N) is 1. The molecule has 0 atom stereocenters. The van der Waals surface area contributed by atoms with Crippen LogP contribution in [0.4, 0.5) is 0 Å². The van der Waals surface area contributed by atoms with Crippen LogP contribution in [0.5, 0.6) is 23.0 Å². The average molecular weight is 446 g/mol. The second-order valence-electron chi connectivity index (χ2n) is 7.70. The Morgan fingerprint density at radius 3 is 2.35 bits per heavy atom. The predicted molar refractivity (Wildman–Crippen MR) is 115 cm³/mol. The zero-order chi connectivity index (χ0) is 22.2. The van der Waals surface area contributed by atoms with Gasteiger partial charge in [0.25, 0.3) is 5.91 Å². The fraction of sp³-hybridized carbons (Fsp3) is 0.391. The minimum absolute atomic E-state index is 0.00140. The monoisotopic (exact) mass is 445 g/mol. The molecule has 0 saturated carbocycles. The van der Waals surface area contributed by atoms with E-state index >= 15 is 0 Å². The van der Waals surface area contributed by atoms with Crippen LogP contribution in [-0.4, -0.2) is 56.6 Å². The molecule has 31 heavy (non-hydrogen) atoms. The van der Waals surface area contributed by atoms with Crippen LogP contribution < -0.4 is 18.9 Å². The molecule has 0 radical (unpaired) electrons. The van der Waals surface area contributed by atoms with E-state index in [4.69, 9.17) is 30.5 Å². The number of rotatable bonds is 4. The molecular weight excluding hydrogens is 422 g/mol. The molecule has 0 unspecified atom stereocenters. The van der Waals surface area contributed by atoms with Gasteiger partial charge in [-0.2, -0.15) is 0 Å². The van der Waals surface area contributed by atoms with Gasteiger partial charge in [-0.3, -0.25) is 9.59 Å². The number of halogens is 1. The van der Waals surface area contributed by atoms with E-state index in [0.29, 0.717) is 65.1 Å². The first kappa shape index (κ1) is 21.3. The van der Waals surface area contributed by atoms with Crippen LogP contribution >= 0.6 is 11.6 Å². The number of ketones is 1. The molecule has 0 aromatic heterocycles. The van der Waals surface area contributed by atoms with Crippen LogP contribution in [0.25, 0.3) is 0 Å². The molecule has 2 aliphatic rings. The van der Waals surface area contributed by atoms with Gasteiger partial charge < -0.3 is 23.8 Å². The lowest BCUT2D eigenvalue weighted by Gasteiger charge is -2.44. The number of amides is 1. The van der Waals surface area contributed by atoms with Gasteiger partial charge in [0.2, 0.25) is 5.75 Å². The molecule has 2 aliphatic heterocycles. The molecule has 1 saturated heterocycles. The molecule has 0 bridgehead atoms. The first-order chi connectivity index (χ1) is 14.9. The summed E-state index contributed by atoms with van der Waals surface area (Å²) in [6, 6.07) is 8.39. The van der Waals surface area contributed by atoms with E-state index in [2.05, 4.69) is 0 Å². The number of benzene rings is 2. The van der Waals surface area contributed by atoms with Gasteiger partial charge in [-0.05, 0) is 30.3 Å². The molecule has 164 valence electrons. The van der Waals surface area contributed by atoms with E-state index in [0.717, 1.165) is 0 Å². The summed E-state index contributed by atoms with van der Waals surface area (Å²) in [5, 5.41) is 0.469. The lowest BCUT2D eigenvalue weighted by Crippen LogP contribution is -2.52. The average Bonchev–Trinajstić information content (AvgIpc) is 2.78. The molecule has 7 nitrogen and oxygen atoms in total. The van der Waals surface area contributed by atoms with E-state index in [-0.39, 0.29) is 18.1 Å². The zero-order valence-electron chi connectivity index (χ0n) is 17.7. The number of likely N-dealkylation sites (tertiary alicyclic amines) is 1. The van der Waals surface area contributed by atoms with Crippen molar-refractivity contribution in [3.8, 4) is 23.0 Å². The van der Waals surface area contributed by atoms with Gasteiger partial charge in [0.1, 0.15) is 11.4 Å². The van der Waals surface area contributed by atoms with Crippen molar-refractivity contribution in [1.29, 1.82) is 0 Å². The minimum Gasteiger partial charge on any atom is -0.496 e. The van der Waals surface area contributed by atoms with E-state index in [1.165, 1.54) is 14.2 Å². The SMILES string of the molecule is COc1ccc(Cl)cc1C(=O)N1CCC2(CC1)CC(=O)c1ccc(OC)c(OC)c1O2. The molecule has 2 heterocycles. The molecule has 2 aromatic carbocycles. The first-order valence-corrected chi connectivity index (χ1v) is 10.4. The highest BCUT2D eigenvalue weighted by atomic mass is 35.5. The number of carbonyl (C=O) groups excluding carboxylic acids is 2. The van der Waals surface area contributed by atoms with Gasteiger partial charge in [0.05, 0.1) is 38.9 Å². The molecule has 1 fully saturated rings. The Kier molecular flexibility index (Phi) is 5.71. The number of piperidine rings is 1. The Labute approximate surface area is 185 Å². The highest BCUT2D eigenvalue weighted by Gasteiger charge is 2.45. The smallest absolute Gasteiger partial charge is 0.257 e. The molecule has 1 amide bonds. The quantitative estimate of drug-likeness (QED) is 0.708. The number of Topliss-reactive ketones (excluding diaryl/α,β-unsaturated/α-hetero) is 1. The van der Waals surface area contributed by atoms with Crippen LogP contribution in [0.15, 0.2) is 30.3 Å². The maximum atomic E-state index is 13.1. The molecule has 8 heteroatoms. The Bertz CT molecular complexity index is 1030.